The first-order chi connectivity index (χ1) is 15.0. The predicted molar refractivity (Wildman–Crippen MR) is 117 cm³/mol. The minimum absolute atomic E-state index is 0.164. The summed E-state index contributed by atoms with van der Waals surface area (Å²) >= 11 is 0. The van der Waals surface area contributed by atoms with E-state index in [1.54, 1.807) is 0 Å². The molecule has 1 aliphatic rings. The summed E-state index contributed by atoms with van der Waals surface area (Å²) in [6, 6.07) is 9.04. The van der Waals surface area contributed by atoms with E-state index in [9.17, 15) is 9.59 Å². The molecule has 2 aromatic rings. The molecule has 2 aromatic carbocycles. The molecule has 3 rings (SSSR count). The summed E-state index contributed by atoms with van der Waals surface area (Å²) in [5.41, 5.74) is 3.06. The average Bonchev–Trinajstić information content (AvgIpc) is 2.81. The Kier molecular flexibility index (Phi) is 7.39. The maximum Gasteiger partial charge on any atom is 0.340 e. The second kappa shape index (κ2) is 10.2. The lowest BCUT2D eigenvalue weighted by Gasteiger charge is -2.21. The Hall–Kier alpha value is -3.22. The van der Waals surface area contributed by atoms with Gasteiger partial charge in [0, 0.05) is 12.1 Å². The van der Waals surface area contributed by atoms with E-state index in [-0.39, 0.29) is 17.2 Å². The SMILES string of the molecule is CC[C@H](Oc1ccc2c(c1)CCCC2)C(=O)Nc1cc(OC)c(OC)cc1C(=O)OC. The van der Waals surface area contributed by atoms with Gasteiger partial charge in [0.1, 0.15) is 5.75 Å². The van der Waals surface area contributed by atoms with Crippen LogP contribution in [0.15, 0.2) is 30.3 Å². The number of esters is 1. The lowest BCUT2D eigenvalue weighted by atomic mass is 9.92. The van der Waals surface area contributed by atoms with Gasteiger partial charge in [0.2, 0.25) is 0 Å². The van der Waals surface area contributed by atoms with Gasteiger partial charge in [0.15, 0.2) is 17.6 Å². The molecule has 31 heavy (non-hydrogen) atoms. The molecule has 1 aliphatic carbocycles. The minimum Gasteiger partial charge on any atom is -0.493 e. The zero-order chi connectivity index (χ0) is 22.4. The second-order valence-corrected chi connectivity index (χ2v) is 7.39. The molecule has 166 valence electrons. The topological polar surface area (TPSA) is 83.1 Å². The molecule has 0 saturated carbocycles. The highest BCUT2D eigenvalue weighted by Crippen LogP contribution is 2.34. The van der Waals surface area contributed by atoms with Gasteiger partial charge in [-0.05, 0) is 55.4 Å². The maximum atomic E-state index is 13.0. The predicted octanol–water partition coefficient (Wildman–Crippen LogP) is 4.17. The summed E-state index contributed by atoms with van der Waals surface area (Å²) in [5.74, 6) is 0.452. The summed E-state index contributed by atoms with van der Waals surface area (Å²) < 4.78 is 21.4. The second-order valence-electron chi connectivity index (χ2n) is 7.39. The molecule has 0 heterocycles. The van der Waals surface area contributed by atoms with Crippen molar-refractivity contribution in [2.45, 2.75) is 45.1 Å². The van der Waals surface area contributed by atoms with E-state index in [0.717, 1.165) is 12.8 Å². The van der Waals surface area contributed by atoms with E-state index < -0.39 is 12.1 Å². The van der Waals surface area contributed by atoms with Crippen molar-refractivity contribution in [2.75, 3.05) is 26.6 Å². The highest BCUT2D eigenvalue weighted by atomic mass is 16.5. The molecule has 1 atom stereocenters. The maximum absolute atomic E-state index is 13.0. The number of carbonyl (C=O) groups excluding carboxylic acids is 2. The normalized spacial score (nSPS) is 13.5. The smallest absolute Gasteiger partial charge is 0.340 e. The van der Waals surface area contributed by atoms with Crippen molar-refractivity contribution in [1.82, 2.24) is 0 Å². The molecule has 7 nitrogen and oxygen atoms in total. The van der Waals surface area contributed by atoms with Crippen LogP contribution in [0, 0.1) is 0 Å². The number of hydrogen-bond acceptors (Lipinski definition) is 6. The summed E-state index contributed by atoms with van der Waals surface area (Å²) in [4.78, 5) is 25.2. The van der Waals surface area contributed by atoms with Crippen LogP contribution in [0.1, 0.15) is 47.7 Å². The molecule has 0 spiro atoms. The van der Waals surface area contributed by atoms with Gasteiger partial charge >= 0.3 is 5.97 Å². The Balaban J connectivity index is 1.82. The van der Waals surface area contributed by atoms with Gasteiger partial charge in [-0.1, -0.05) is 13.0 Å². The van der Waals surface area contributed by atoms with Crippen molar-refractivity contribution in [3.63, 3.8) is 0 Å². The fourth-order valence-corrected chi connectivity index (χ4v) is 3.74. The van der Waals surface area contributed by atoms with Crippen LogP contribution in [0.5, 0.6) is 17.2 Å². The standard InChI is InChI=1S/C24H29NO6/c1-5-20(31-17-11-10-15-8-6-7-9-16(15)12-17)23(26)25-19-14-22(29-3)21(28-2)13-18(19)24(27)30-4/h10-14,20H,5-9H2,1-4H3,(H,25,26)/t20-/m0/s1. The van der Waals surface area contributed by atoms with E-state index >= 15 is 0 Å². The number of ether oxygens (including phenoxy) is 4. The molecular formula is C24H29NO6. The molecule has 0 unspecified atom stereocenters. The Morgan fingerprint density at radius 1 is 0.968 bits per heavy atom. The first-order valence-corrected chi connectivity index (χ1v) is 10.4. The molecule has 7 heteroatoms. The molecule has 0 radical (unpaired) electrons. The molecular weight excluding hydrogens is 398 g/mol. The first-order valence-electron chi connectivity index (χ1n) is 10.4. The van der Waals surface area contributed by atoms with E-state index in [1.165, 1.54) is 57.4 Å². The monoisotopic (exact) mass is 427 g/mol. The van der Waals surface area contributed by atoms with Gasteiger partial charge < -0.3 is 24.3 Å². The van der Waals surface area contributed by atoms with Gasteiger partial charge in [0.25, 0.3) is 5.91 Å². The quantitative estimate of drug-likeness (QED) is 0.637. The van der Waals surface area contributed by atoms with Gasteiger partial charge in [0.05, 0.1) is 32.6 Å². The third-order valence-electron chi connectivity index (χ3n) is 5.45. The van der Waals surface area contributed by atoms with Crippen LogP contribution in [-0.4, -0.2) is 39.3 Å². The Labute approximate surface area is 182 Å². The van der Waals surface area contributed by atoms with E-state index in [0.29, 0.717) is 23.7 Å². The third kappa shape index (κ3) is 5.10. The number of amides is 1. The number of fused-ring (bicyclic) bond motifs is 1. The van der Waals surface area contributed by atoms with Crippen molar-refractivity contribution in [3.05, 3.63) is 47.0 Å². The van der Waals surface area contributed by atoms with Crippen LogP contribution in [0.3, 0.4) is 0 Å². The van der Waals surface area contributed by atoms with Gasteiger partial charge in [-0.2, -0.15) is 0 Å². The molecule has 0 bridgehead atoms. The molecule has 0 aromatic heterocycles. The number of hydrogen-bond donors (Lipinski definition) is 1. The van der Waals surface area contributed by atoms with Crippen molar-refractivity contribution < 1.29 is 28.5 Å². The summed E-state index contributed by atoms with van der Waals surface area (Å²) in [7, 11) is 4.23. The fourth-order valence-electron chi connectivity index (χ4n) is 3.74. The number of nitrogens with one attached hydrogen (secondary N) is 1. The number of aryl methyl sites for hydroxylation is 2. The highest BCUT2D eigenvalue weighted by Gasteiger charge is 2.24. The van der Waals surface area contributed by atoms with Crippen molar-refractivity contribution in [1.29, 1.82) is 0 Å². The Bertz CT molecular complexity index is 955. The lowest BCUT2D eigenvalue weighted by molar-refractivity contribution is -0.122. The average molecular weight is 427 g/mol. The van der Waals surface area contributed by atoms with Crippen LogP contribution in [-0.2, 0) is 22.4 Å². The Morgan fingerprint density at radius 2 is 1.65 bits per heavy atom. The number of carbonyl (C=O) groups is 2. The molecule has 0 aliphatic heterocycles. The lowest BCUT2D eigenvalue weighted by Crippen LogP contribution is -2.33. The number of rotatable bonds is 8. The van der Waals surface area contributed by atoms with Crippen LogP contribution < -0.4 is 19.5 Å². The fraction of sp³-hybridized carbons (Fsp3) is 0.417. The van der Waals surface area contributed by atoms with Crippen molar-refractivity contribution >= 4 is 17.6 Å². The van der Waals surface area contributed by atoms with Crippen molar-refractivity contribution in [3.8, 4) is 17.2 Å². The zero-order valence-corrected chi connectivity index (χ0v) is 18.4. The Morgan fingerprint density at radius 3 is 2.29 bits per heavy atom. The third-order valence-corrected chi connectivity index (χ3v) is 5.45. The van der Waals surface area contributed by atoms with E-state index in [2.05, 4.69) is 11.4 Å². The van der Waals surface area contributed by atoms with E-state index in [1.807, 2.05) is 19.1 Å². The van der Waals surface area contributed by atoms with E-state index in [4.69, 9.17) is 18.9 Å². The van der Waals surface area contributed by atoms with Crippen LogP contribution in [0.25, 0.3) is 0 Å². The van der Waals surface area contributed by atoms with Crippen molar-refractivity contribution in [2.24, 2.45) is 0 Å². The minimum atomic E-state index is -0.722. The number of anilines is 1. The number of methoxy groups -OCH3 is 3. The molecule has 0 fully saturated rings. The largest absolute Gasteiger partial charge is 0.493 e. The van der Waals surface area contributed by atoms with Crippen LogP contribution in [0.4, 0.5) is 5.69 Å². The summed E-state index contributed by atoms with van der Waals surface area (Å²) in [6.07, 6.45) is 4.24. The van der Waals surface area contributed by atoms with Gasteiger partial charge in [-0.3, -0.25) is 4.79 Å². The summed E-state index contributed by atoms with van der Waals surface area (Å²) in [5, 5.41) is 2.79. The summed E-state index contributed by atoms with van der Waals surface area (Å²) in [6.45, 7) is 1.87. The number of benzene rings is 2. The van der Waals surface area contributed by atoms with Crippen LogP contribution in [0.2, 0.25) is 0 Å². The molecule has 1 amide bonds. The van der Waals surface area contributed by atoms with Gasteiger partial charge in [-0.25, -0.2) is 4.79 Å². The van der Waals surface area contributed by atoms with Crippen LogP contribution >= 0.6 is 0 Å². The van der Waals surface area contributed by atoms with Gasteiger partial charge in [-0.15, -0.1) is 0 Å². The highest BCUT2D eigenvalue weighted by molar-refractivity contribution is 6.03. The molecule has 0 saturated heterocycles. The first kappa shape index (κ1) is 22.5. The molecule has 1 N–H and O–H groups in total. The zero-order valence-electron chi connectivity index (χ0n) is 18.4.